The lowest BCUT2D eigenvalue weighted by Gasteiger charge is -2.41. The summed E-state index contributed by atoms with van der Waals surface area (Å²) < 4.78 is 14.1. The molecule has 0 radical (unpaired) electrons. The molecule has 24 heavy (non-hydrogen) atoms. The number of amides is 3. The van der Waals surface area contributed by atoms with Gasteiger partial charge in [0.1, 0.15) is 5.82 Å². The van der Waals surface area contributed by atoms with E-state index in [0.29, 0.717) is 31.6 Å². The van der Waals surface area contributed by atoms with Crippen LogP contribution in [0.5, 0.6) is 0 Å². The molecule has 3 amide bonds. The summed E-state index contributed by atoms with van der Waals surface area (Å²) in [7, 11) is 0. The van der Waals surface area contributed by atoms with Gasteiger partial charge in [-0.05, 0) is 37.5 Å². The average molecular weight is 335 g/mol. The topological polar surface area (TPSA) is 98.7 Å². The molecule has 0 aromatic heterocycles. The number of carbonyl (C=O) groups is 3. The number of nitrogens with one attached hydrogen (secondary N) is 2. The van der Waals surface area contributed by atoms with E-state index >= 15 is 0 Å². The highest BCUT2D eigenvalue weighted by Gasteiger charge is 2.41. The predicted molar refractivity (Wildman–Crippen MR) is 83.4 cm³/mol. The van der Waals surface area contributed by atoms with E-state index in [2.05, 4.69) is 10.6 Å². The van der Waals surface area contributed by atoms with Crippen LogP contribution >= 0.6 is 0 Å². The maximum Gasteiger partial charge on any atom is 0.321 e. The number of carbonyl (C=O) groups excluding carboxylic acids is 2. The van der Waals surface area contributed by atoms with Crippen LogP contribution in [-0.4, -0.2) is 41.6 Å². The van der Waals surface area contributed by atoms with Gasteiger partial charge >= 0.3 is 12.0 Å². The fourth-order valence-corrected chi connectivity index (χ4v) is 3.12. The fraction of sp³-hybridized carbons (Fsp3) is 0.438. The first-order valence-electron chi connectivity index (χ1n) is 7.79. The fourth-order valence-electron chi connectivity index (χ4n) is 3.12. The second-order valence-electron chi connectivity index (χ2n) is 6.21. The third-order valence-corrected chi connectivity index (χ3v) is 4.54. The Morgan fingerprint density at radius 2 is 2.12 bits per heavy atom. The Kier molecular flexibility index (Phi) is 4.13. The second kappa shape index (κ2) is 6.10. The predicted octanol–water partition coefficient (Wildman–Crippen LogP) is 1.48. The number of carboxylic acids is 1. The number of benzene rings is 1. The Balaban J connectivity index is 1.81. The van der Waals surface area contributed by atoms with Gasteiger partial charge in [0.05, 0.1) is 17.5 Å². The molecular formula is C16H18FN3O4. The molecule has 0 unspecified atom stereocenters. The first-order valence-corrected chi connectivity index (χ1v) is 7.79. The molecule has 7 nitrogen and oxygen atoms in total. The molecule has 1 saturated heterocycles. The van der Waals surface area contributed by atoms with Crippen molar-refractivity contribution in [3.63, 3.8) is 0 Å². The average Bonchev–Trinajstić information content (AvgIpc) is 2.91. The smallest absolute Gasteiger partial charge is 0.321 e. The summed E-state index contributed by atoms with van der Waals surface area (Å²) in [5.41, 5.74) is -0.572. The monoisotopic (exact) mass is 335 g/mol. The van der Waals surface area contributed by atoms with E-state index in [1.54, 1.807) is 0 Å². The summed E-state index contributed by atoms with van der Waals surface area (Å²) in [6.45, 7) is 0.925. The Labute approximate surface area is 137 Å². The first kappa shape index (κ1) is 16.2. The van der Waals surface area contributed by atoms with Crippen molar-refractivity contribution in [1.82, 2.24) is 10.6 Å². The van der Waals surface area contributed by atoms with Crippen molar-refractivity contribution in [2.24, 2.45) is 0 Å². The number of rotatable bonds is 5. The molecule has 1 aliphatic carbocycles. The van der Waals surface area contributed by atoms with Crippen LogP contribution in [0.15, 0.2) is 18.2 Å². The summed E-state index contributed by atoms with van der Waals surface area (Å²) in [5.74, 6) is -2.37. The number of halogens is 1. The van der Waals surface area contributed by atoms with E-state index in [1.165, 1.54) is 17.0 Å². The van der Waals surface area contributed by atoms with Gasteiger partial charge in [0.25, 0.3) is 5.91 Å². The van der Waals surface area contributed by atoms with E-state index in [-0.39, 0.29) is 18.0 Å². The standard InChI is InChI=1S/C16H18FN3O4/c17-12-3-2-10(20-7-6-18-15(20)24)8-11(12)14(23)19-16(4-1-5-16)9-13(21)22/h2-3,8H,1,4-7,9H2,(H,18,24)(H,19,23)(H,21,22). The molecule has 1 saturated carbocycles. The molecule has 2 fully saturated rings. The number of hydrogen-bond acceptors (Lipinski definition) is 3. The van der Waals surface area contributed by atoms with Gasteiger partial charge in [-0.1, -0.05) is 0 Å². The van der Waals surface area contributed by atoms with Crippen molar-refractivity contribution in [3.8, 4) is 0 Å². The third kappa shape index (κ3) is 3.04. The molecule has 0 atom stereocenters. The Bertz CT molecular complexity index is 703. The zero-order valence-electron chi connectivity index (χ0n) is 13.0. The van der Waals surface area contributed by atoms with Crippen LogP contribution in [-0.2, 0) is 4.79 Å². The molecule has 2 aliphatic rings. The van der Waals surface area contributed by atoms with E-state index in [1.807, 2.05) is 0 Å². The van der Waals surface area contributed by atoms with Gasteiger partial charge in [0.2, 0.25) is 0 Å². The molecule has 0 bridgehead atoms. The molecule has 1 heterocycles. The summed E-state index contributed by atoms with van der Waals surface area (Å²) in [6, 6.07) is 3.60. The zero-order valence-corrected chi connectivity index (χ0v) is 13.0. The molecule has 1 aromatic rings. The molecule has 128 valence electrons. The Hall–Kier alpha value is -2.64. The van der Waals surface area contributed by atoms with E-state index in [9.17, 15) is 18.8 Å². The van der Waals surface area contributed by atoms with Crippen LogP contribution in [0, 0.1) is 5.82 Å². The number of urea groups is 1. The van der Waals surface area contributed by atoms with E-state index < -0.39 is 23.2 Å². The Morgan fingerprint density at radius 1 is 1.38 bits per heavy atom. The van der Waals surface area contributed by atoms with Gasteiger partial charge in [0.15, 0.2) is 0 Å². The SMILES string of the molecule is O=C(O)CC1(NC(=O)c2cc(N3CCNC3=O)ccc2F)CCC1. The van der Waals surface area contributed by atoms with Gasteiger partial charge in [-0.15, -0.1) is 0 Å². The van der Waals surface area contributed by atoms with E-state index in [0.717, 1.165) is 12.5 Å². The second-order valence-corrected chi connectivity index (χ2v) is 6.21. The number of nitrogens with zero attached hydrogens (tertiary/aromatic N) is 1. The van der Waals surface area contributed by atoms with Crippen LogP contribution < -0.4 is 15.5 Å². The van der Waals surface area contributed by atoms with Gasteiger partial charge in [-0.25, -0.2) is 9.18 Å². The largest absolute Gasteiger partial charge is 0.481 e. The highest BCUT2D eigenvalue weighted by atomic mass is 19.1. The van der Waals surface area contributed by atoms with Gasteiger partial charge in [-0.3, -0.25) is 14.5 Å². The first-order chi connectivity index (χ1) is 11.4. The van der Waals surface area contributed by atoms with Crippen LogP contribution in [0.1, 0.15) is 36.0 Å². The summed E-state index contributed by atoms with van der Waals surface area (Å²) in [6.07, 6.45) is 1.75. The molecule has 3 N–H and O–H groups in total. The van der Waals surface area contributed by atoms with Crippen molar-refractivity contribution in [1.29, 1.82) is 0 Å². The minimum atomic E-state index is -1.00. The van der Waals surface area contributed by atoms with Crippen LogP contribution in [0.2, 0.25) is 0 Å². The normalized spacial score (nSPS) is 18.7. The highest BCUT2D eigenvalue weighted by Crippen LogP contribution is 2.35. The zero-order chi connectivity index (χ0) is 17.3. The molecule has 1 aromatic carbocycles. The number of anilines is 1. The van der Waals surface area contributed by atoms with Crippen LogP contribution in [0.3, 0.4) is 0 Å². The summed E-state index contributed by atoms with van der Waals surface area (Å²) in [5, 5.41) is 14.3. The maximum absolute atomic E-state index is 14.1. The summed E-state index contributed by atoms with van der Waals surface area (Å²) in [4.78, 5) is 36.5. The van der Waals surface area contributed by atoms with Crippen molar-refractivity contribution < 1.29 is 23.9 Å². The molecule has 3 rings (SSSR count). The number of aliphatic carboxylic acids is 1. The molecule has 8 heteroatoms. The quantitative estimate of drug-likeness (QED) is 0.759. The lowest BCUT2D eigenvalue weighted by Crippen LogP contribution is -2.54. The Morgan fingerprint density at radius 3 is 2.67 bits per heavy atom. The summed E-state index contributed by atoms with van der Waals surface area (Å²) >= 11 is 0. The van der Waals surface area contributed by atoms with Gasteiger partial charge < -0.3 is 15.7 Å². The van der Waals surface area contributed by atoms with Crippen molar-refractivity contribution in [3.05, 3.63) is 29.6 Å². The molecular weight excluding hydrogens is 317 g/mol. The van der Waals surface area contributed by atoms with Gasteiger partial charge in [0, 0.05) is 18.8 Å². The van der Waals surface area contributed by atoms with Crippen molar-refractivity contribution in [2.75, 3.05) is 18.0 Å². The molecule has 1 aliphatic heterocycles. The number of carboxylic acid groups (broad SMARTS) is 1. The van der Waals surface area contributed by atoms with Crippen LogP contribution in [0.4, 0.5) is 14.9 Å². The van der Waals surface area contributed by atoms with Crippen molar-refractivity contribution >= 4 is 23.6 Å². The van der Waals surface area contributed by atoms with Crippen LogP contribution in [0.25, 0.3) is 0 Å². The van der Waals surface area contributed by atoms with E-state index in [4.69, 9.17) is 5.11 Å². The maximum atomic E-state index is 14.1. The third-order valence-electron chi connectivity index (χ3n) is 4.54. The number of hydrogen-bond donors (Lipinski definition) is 3. The highest BCUT2D eigenvalue weighted by molar-refractivity contribution is 5.99. The minimum absolute atomic E-state index is 0.186. The van der Waals surface area contributed by atoms with Gasteiger partial charge in [-0.2, -0.15) is 0 Å². The lowest BCUT2D eigenvalue weighted by molar-refractivity contribution is -0.139. The van der Waals surface area contributed by atoms with Crippen molar-refractivity contribution in [2.45, 2.75) is 31.2 Å². The lowest BCUT2D eigenvalue weighted by atomic mass is 9.74. The minimum Gasteiger partial charge on any atom is -0.481 e. The molecule has 0 spiro atoms.